The molecule has 0 aliphatic heterocycles. The lowest BCUT2D eigenvalue weighted by molar-refractivity contribution is -0.138. The van der Waals surface area contributed by atoms with Crippen molar-refractivity contribution in [3.8, 4) is 5.75 Å². The summed E-state index contributed by atoms with van der Waals surface area (Å²) in [5.41, 5.74) is -0.226. The second kappa shape index (κ2) is 5.43. The Morgan fingerprint density at radius 3 is 2.90 bits per heavy atom. The van der Waals surface area contributed by atoms with Crippen LogP contribution in [-0.4, -0.2) is 44.8 Å². The van der Waals surface area contributed by atoms with Crippen molar-refractivity contribution in [1.29, 1.82) is 0 Å². The number of carbonyl (C=O) groups excluding carboxylic acids is 1. The molecule has 20 heavy (non-hydrogen) atoms. The zero-order valence-electron chi connectivity index (χ0n) is 10.6. The van der Waals surface area contributed by atoms with Gasteiger partial charge in [-0.1, -0.05) is 0 Å². The first kappa shape index (κ1) is 13.6. The normalized spacial score (nSPS) is 10.4. The maximum Gasteiger partial charge on any atom is 0.350 e. The predicted molar refractivity (Wildman–Crippen MR) is 66.6 cm³/mol. The minimum Gasteiger partial charge on any atom is -0.493 e. The van der Waals surface area contributed by atoms with Gasteiger partial charge in [0.15, 0.2) is 5.75 Å². The molecule has 2 heterocycles. The number of rotatable bonds is 5. The molecule has 0 bridgehead atoms. The van der Waals surface area contributed by atoms with Crippen LogP contribution in [0.3, 0.4) is 0 Å². The molecule has 2 aromatic rings. The summed E-state index contributed by atoms with van der Waals surface area (Å²) in [5.74, 6) is -1.38. The standard InChI is InChI=1S/C11H12N4O5/c1-20-7-3-2-4-14-10(7)13-15(11(14)19)6-8(16)12-5-9(17)18/h2-4H,5-6H2,1H3,(H,12,16)(H,17,18). The number of fused-ring (bicyclic) bond motifs is 1. The molecular formula is C11H12N4O5. The predicted octanol–water partition coefficient (Wildman–Crippen LogP) is -1.29. The minimum absolute atomic E-state index is 0.283. The zero-order valence-corrected chi connectivity index (χ0v) is 10.6. The van der Waals surface area contributed by atoms with Gasteiger partial charge in [0.2, 0.25) is 11.6 Å². The lowest BCUT2D eigenvalue weighted by Gasteiger charge is -2.00. The summed E-state index contributed by atoms with van der Waals surface area (Å²) in [4.78, 5) is 33.8. The first-order valence-electron chi connectivity index (χ1n) is 5.63. The number of aromatic nitrogens is 3. The van der Waals surface area contributed by atoms with Crippen molar-refractivity contribution in [3.63, 3.8) is 0 Å². The van der Waals surface area contributed by atoms with Crippen LogP contribution < -0.4 is 15.7 Å². The average molecular weight is 280 g/mol. The fraction of sp³-hybridized carbons (Fsp3) is 0.273. The van der Waals surface area contributed by atoms with Crippen LogP contribution in [0.2, 0.25) is 0 Å². The number of nitrogens with one attached hydrogen (secondary N) is 1. The van der Waals surface area contributed by atoms with Crippen LogP contribution in [0.25, 0.3) is 5.65 Å². The van der Waals surface area contributed by atoms with Crippen LogP contribution in [0.4, 0.5) is 0 Å². The fourth-order valence-corrected chi connectivity index (χ4v) is 1.64. The molecule has 0 saturated carbocycles. The molecule has 0 atom stereocenters. The lowest BCUT2D eigenvalue weighted by Crippen LogP contribution is -2.35. The van der Waals surface area contributed by atoms with Gasteiger partial charge in [-0.25, -0.2) is 13.9 Å². The van der Waals surface area contributed by atoms with E-state index in [4.69, 9.17) is 9.84 Å². The van der Waals surface area contributed by atoms with Gasteiger partial charge >= 0.3 is 11.7 Å². The molecule has 9 heteroatoms. The highest BCUT2D eigenvalue weighted by atomic mass is 16.5. The molecule has 0 fully saturated rings. The molecule has 2 N–H and O–H groups in total. The van der Waals surface area contributed by atoms with Gasteiger partial charge in [0.1, 0.15) is 13.1 Å². The van der Waals surface area contributed by atoms with Crippen LogP contribution >= 0.6 is 0 Å². The van der Waals surface area contributed by atoms with Gasteiger partial charge in [-0.05, 0) is 12.1 Å². The van der Waals surface area contributed by atoms with Gasteiger partial charge in [0, 0.05) is 6.20 Å². The molecule has 0 radical (unpaired) electrons. The zero-order chi connectivity index (χ0) is 14.7. The fourth-order valence-electron chi connectivity index (χ4n) is 1.64. The third kappa shape index (κ3) is 2.60. The molecule has 0 aromatic carbocycles. The maximum absolute atomic E-state index is 12.0. The number of hydrogen-bond donors (Lipinski definition) is 2. The first-order chi connectivity index (χ1) is 9.52. The van der Waals surface area contributed by atoms with Gasteiger partial charge in [0.25, 0.3) is 0 Å². The number of carboxylic acid groups (broad SMARTS) is 1. The van der Waals surface area contributed by atoms with E-state index < -0.39 is 24.1 Å². The van der Waals surface area contributed by atoms with E-state index in [1.807, 2.05) is 0 Å². The monoisotopic (exact) mass is 280 g/mol. The number of nitrogens with zero attached hydrogens (tertiary/aromatic N) is 3. The number of aliphatic carboxylic acids is 1. The van der Waals surface area contributed by atoms with E-state index in [2.05, 4.69) is 10.4 Å². The van der Waals surface area contributed by atoms with Crippen LogP contribution in [0.5, 0.6) is 5.75 Å². The van der Waals surface area contributed by atoms with Crippen molar-refractivity contribution in [1.82, 2.24) is 19.5 Å². The second-order valence-corrected chi connectivity index (χ2v) is 3.88. The van der Waals surface area contributed by atoms with Crippen molar-refractivity contribution >= 4 is 17.5 Å². The van der Waals surface area contributed by atoms with Gasteiger partial charge in [-0.2, -0.15) is 0 Å². The summed E-state index contributed by atoms with van der Waals surface area (Å²) >= 11 is 0. The Labute approximate surface area is 112 Å². The minimum atomic E-state index is -1.16. The Morgan fingerprint density at radius 1 is 1.50 bits per heavy atom. The Morgan fingerprint density at radius 2 is 2.25 bits per heavy atom. The molecule has 0 aliphatic carbocycles. The molecular weight excluding hydrogens is 268 g/mol. The van der Waals surface area contributed by atoms with Crippen molar-refractivity contribution in [3.05, 3.63) is 28.8 Å². The van der Waals surface area contributed by atoms with E-state index in [1.54, 1.807) is 12.1 Å². The van der Waals surface area contributed by atoms with E-state index in [0.717, 1.165) is 4.68 Å². The van der Waals surface area contributed by atoms with E-state index >= 15 is 0 Å². The average Bonchev–Trinajstić information content (AvgIpc) is 2.73. The number of carboxylic acids is 1. The largest absolute Gasteiger partial charge is 0.493 e. The summed E-state index contributed by atoms with van der Waals surface area (Å²) in [6, 6.07) is 3.25. The van der Waals surface area contributed by atoms with Crippen LogP contribution in [0.15, 0.2) is 23.1 Å². The molecule has 106 valence electrons. The highest BCUT2D eigenvalue weighted by Crippen LogP contribution is 2.14. The highest BCUT2D eigenvalue weighted by Gasteiger charge is 2.13. The van der Waals surface area contributed by atoms with E-state index in [0.29, 0.717) is 5.75 Å². The summed E-state index contributed by atoms with van der Waals surface area (Å²) in [6.07, 6.45) is 1.50. The third-order valence-electron chi connectivity index (χ3n) is 2.52. The van der Waals surface area contributed by atoms with Crippen LogP contribution in [0, 0.1) is 0 Å². The number of methoxy groups -OCH3 is 1. The summed E-state index contributed by atoms with van der Waals surface area (Å²) in [6.45, 7) is -0.874. The van der Waals surface area contributed by atoms with Crippen molar-refractivity contribution < 1.29 is 19.4 Å². The molecule has 1 amide bonds. The molecule has 0 spiro atoms. The molecule has 2 rings (SSSR count). The maximum atomic E-state index is 12.0. The first-order valence-corrected chi connectivity index (χ1v) is 5.63. The molecule has 0 aliphatic rings. The molecule has 0 saturated heterocycles. The second-order valence-electron chi connectivity index (χ2n) is 3.88. The number of amides is 1. The number of carbonyl (C=O) groups is 2. The molecule has 2 aromatic heterocycles. The van der Waals surface area contributed by atoms with Crippen molar-refractivity contribution in [2.75, 3.05) is 13.7 Å². The number of hydrogen-bond acceptors (Lipinski definition) is 5. The van der Waals surface area contributed by atoms with Gasteiger partial charge < -0.3 is 15.2 Å². The van der Waals surface area contributed by atoms with Crippen LogP contribution in [0.1, 0.15) is 0 Å². The van der Waals surface area contributed by atoms with Gasteiger partial charge in [-0.3, -0.25) is 9.59 Å². The number of ether oxygens (including phenoxy) is 1. The summed E-state index contributed by atoms with van der Waals surface area (Å²) in [5, 5.41) is 14.6. The Kier molecular flexibility index (Phi) is 3.69. The highest BCUT2D eigenvalue weighted by molar-refractivity contribution is 5.80. The Hall–Kier alpha value is -2.84. The van der Waals surface area contributed by atoms with E-state index in [9.17, 15) is 14.4 Å². The lowest BCUT2D eigenvalue weighted by atomic mass is 10.4. The van der Waals surface area contributed by atoms with E-state index in [1.165, 1.54) is 17.7 Å². The topological polar surface area (TPSA) is 115 Å². The Balaban J connectivity index is 2.27. The summed E-state index contributed by atoms with van der Waals surface area (Å²) < 4.78 is 7.24. The van der Waals surface area contributed by atoms with Gasteiger partial charge in [-0.15, -0.1) is 5.10 Å². The smallest absolute Gasteiger partial charge is 0.350 e. The molecule has 0 unspecified atom stereocenters. The summed E-state index contributed by atoms with van der Waals surface area (Å²) in [7, 11) is 1.44. The SMILES string of the molecule is COc1cccn2c(=O)n(CC(=O)NCC(=O)O)nc12. The Bertz CT molecular complexity index is 717. The van der Waals surface area contributed by atoms with Gasteiger partial charge in [0.05, 0.1) is 7.11 Å². The number of pyridine rings is 1. The quantitative estimate of drug-likeness (QED) is 0.704. The van der Waals surface area contributed by atoms with Crippen LogP contribution in [-0.2, 0) is 16.1 Å². The molecule has 9 nitrogen and oxygen atoms in total. The third-order valence-corrected chi connectivity index (χ3v) is 2.52. The van der Waals surface area contributed by atoms with E-state index in [-0.39, 0.29) is 12.2 Å². The van der Waals surface area contributed by atoms with Crippen molar-refractivity contribution in [2.24, 2.45) is 0 Å². The van der Waals surface area contributed by atoms with Crippen molar-refractivity contribution in [2.45, 2.75) is 6.54 Å².